The van der Waals surface area contributed by atoms with E-state index in [-0.39, 0.29) is 48.3 Å². The van der Waals surface area contributed by atoms with Crippen molar-refractivity contribution < 1.29 is 27.2 Å². The molecule has 0 spiro atoms. The van der Waals surface area contributed by atoms with Gasteiger partial charge < -0.3 is 27.0 Å². The lowest BCUT2D eigenvalue weighted by molar-refractivity contribution is -0.172. The molecule has 0 aromatic carbocycles. The summed E-state index contributed by atoms with van der Waals surface area (Å²) >= 11 is 0. The van der Waals surface area contributed by atoms with Crippen LogP contribution in [0.15, 0.2) is 0 Å². The summed E-state index contributed by atoms with van der Waals surface area (Å²) in [6, 6.07) is -0.841. The lowest BCUT2D eigenvalue weighted by atomic mass is 9.64. The molecule has 48 heavy (non-hydrogen) atoms. The molecule has 274 valence electrons. The number of unbranched alkanes of at least 4 members (excludes halogenated alkanes) is 2. The molecule has 13 heteroatoms. The van der Waals surface area contributed by atoms with Crippen LogP contribution in [-0.4, -0.2) is 120 Å². The maximum absolute atomic E-state index is 16.9. The largest absolute Gasteiger partial charge is 0.350 e. The molecule has 0 aromatic heterocycles. The molecule has 6 N–H and O–H groups in total. The zero-order valence-corrected chi connectivity index (χ0v) is 28.8. The Labute approximate surface area is 283 Å². The van der Waals surface area contributed by atoms with Crippen molar-refractivity contribution >= 4 is 11.8 Å². The molecule has 7 unspecified atom stereocenters. The number of rotatable bonds is 11. The first-order valence-electron chi connectivity index (χ1n) is 18.9. The molecule has 1 saturated carbocycles. The standard InChI is InChI=1S/C35H59F4N7O2/c1-2-3-7-13-33-14-10-25(36)20-46(33)26(17-33)29(30(40)41)31(47)43-28-19-42-18-27(37)35(28,24-8-5-4-6-9-24)45-15-11-23(12-16-45)32(48)44-21-34(38,39)22-44/h23-30,42H,2-22,40-41H2,1H3,(H,43,47). The molecule has 9 nitrogen and oxygen atoms in total. The van der Waals surface area contributed by atoms with Gasteiger partial charge in [-0.15, -0.1) is 0 Å². The van der Waals surface area contributed by atoms with Crippen LogP contribution in [-0.2, 0) is 9.59 Å². The molecule has 5 saturated heterocycles. The quantitative estimate of drug-likeness (QED) is 0.150. The van der Waals surface area contributed by atoms with Gasteiger partial charge in [-0.1, -0.05) is 45.4 Å². The number of piperidine rings is 3. The van der Waals surface area contributed by atoms with E-state index in [9.17, 15) is 22.8 Å². The predicted molar refractivity (Wildman–Crippen MR) is 177 cm³/mol. The molecule has 0 aromatic rings. The van der Waals surface area contributed by atoms with E-state index in [0.717, 1.165) is 70.6 Å². The average molecular weight is 686 g/mol. The maximum atomic E-state index is 16.9. The number of alkyl halides is 4. The van der Waals surface area contributed by atoms with Crippen LogP contribution >= 0.6 is 0 Å². The van der Waals surface area contributed by atoms with Gasteiger partial charge in [-0.2, -0.15) is 0 Å². The number of carbonyl (C=O) groups excluding carboxylic acids is 2. The molecule has 0 radical (unpaired) electrons. The van der Waals surface area contributed by atoms with E-state index in [1.165, 1.54) is 4.90 Å². The van der Waals surface area contributed by atoms with Crippen molar-refractivity contribution in [2.45, 2.75) is 144 Å². The second kappa shape index (κ2) is 14.6. The molecular formula is C35H59F4N7O2. The van der Waals surface area contributed by atoms with Crippen molar-refractivity contribution in [2.75, 3.05) is 45.8 Å². The van der Waals surface area contributed by atoms with Crippen molar-refractivity contribution in [2.24, 2.45) is 29.2 Å². The van der Waals surface area contributed by atoms with Gasteiger partial charge in [-0.25, -0.2) is 17.6 Å². The molecule has 2 amide bonds. The SMILES string of the molecule is CCCCCC12CCC(F)CN1C(C(C(=O)NC1CNCC(F)C1(C1CCCCC1)N1CCC(C(=O)N3CC(F)(F)C3)CC1)C(N)N)C2. The number of hydrogen-bond acceptors (Lipinski definition) is 7. The van der Waals surface area contributed by atoms with Crippen LogP contribution in [0.5, 0.6) is 0 Å². The molecule has 5 heterocycles. The van der Waals surface area contributed by atoms with E-state index in [1.54, 1.807) is 0 Å². The average Bonchev–Trinajstić information content (AvgIpc) is 3.04. The summed E-state index contributed by atoms with van der Waals surface area (Å²) < 4.78 is 58.7. The van der Waals surface area contributed by atoms with Crippen LogP contribution in [0.3, 0.4) is 0 Å². The highest BCUT2D eigenvalue weighted by Gasteiger charge is 2.61. The van der Waals surface area contributed by atoms with E-state index in [1.807, 2.05) is 0 Å². The first-order valence-corrected chi connectivity index (χ1v) is 18.9. The summed E-state index contributed by atoms with van der Waals surface area (Å²) in [4.78, 5) is 33.0. The molecule has 6 fully saturated rings. The summed E-state index contributed by atoms with van der Waals surface area (Å²) in [5.41, 5.74) is 11.6. The van der Waals surface area contributed by atoms with Crippen molar-refractivity contribution in [3.63, 3.8) is 0 Å². The predicted octanol–water partition coefficient (Wildman–Crippen LogP) is 3.31. The Morgan fingerprint density at radius 2 is 1.69 bits per heavy atom. The van der Waals surface area contributed by atoms with E-state index >= 15 is 4.39 Å². The number of halogens is 4. The number of nitrogens with zero attached hydrogens (tertiary/aromatic N) is 3. The molecule has 6 rings (SSSR count). The minimum absolute atomic E-state index is 0.00397. The van der Waals surface area contributed by atoms with Crippen LogP contribution in [0.4, 0.5) is 17.6 Å². The lowest BCUT2D eigenvalue weighted by Crippen LogP contribution is -2.79. The van der Waals surface area contributed by atoms with Gasteiger partial charge in [0.2, 0.25) is 11.8 Å². The highest BCUT2D eigenvalue weighted by Crippen LogP contribution is 2.51. The van der Waals surface area contributed by atoms with Crippen LogP contribution in [0, 0.1) is 17.8 Å². The maximum Gasteiger partial charge on any atom is 0.282 e. The third-order valence-electron chi connectivity index (χ3n) is 13.1. The van der Waals surface area contributed by atoms with Crippen molar-refractivity contribution in [1.82, 2.24) is 25.3 Å². The van der Waals surface area contributed by atoms with E-state index in [4.69, 9.17) is 11.5 Å². The Kier molecular flexibility index (Phi) is 11.0. The van der Waals surface area contributed by atoms with E-state index in [0.29, 0.717) is 38.9 Å². The monoisotopic (exact) mass is 685 g/mol. The van der Waals surface area contributed by atoms with Crippen molar-refractivity contribution in [1.29, 1.82) is 0 Å². The molecule has 0 bridgehead atoms. The van der Waals surface area contributed by atoms with Crippen LogP contribution in [0.1, 0.15) is 96.8 Å². The summed E-state index contributed by atoms with van der Waals surface area (Å²) in [6.07, 6.45) is 8.81. The fourth-order valence-corrected chi connectivity index (χ4v) is 10.7. The van der Waals surface area contributed by atoms with Crippen LogP contribution < -0.4 is 22.1 Å². The number of nitrogens with two attached hydrogens (primary N) is 2. The van der Waals surface area contributed by atoms with Gasteiger partial charge in [0.05, 0.1) is 36.8 Å². The van der Waals surface area contributed by atoms with Crippen molar-refractivity contribution in [3.05, 3.63) is 0 Å². The second-order valence-corrected chi connectivity index (χ2v) is 16.1. The molecule has 6 aliphatic rings. The minimum atomic E-state index is -2.81. The first kappa shape index (κ1) is 36.3. The van der Waals surface area contributed by atoms with Gasteiger partial charge in [-0.05, 0) is 70.4 Å². The Balaban J connectivity index is 1.21. The number of fused-ring (bicyclic) bond motifs is 1. The van der Waals surface area contributed by atoms with E-state index in [2.05, 4.69) is 27.4 Å². The van der Waals surface area contributed by atoms with Gasteiger partial charge in [-0.3, -0.25) is 19.4 Å². The fraction of sp³-hybridized carbons (Fsp3) is 0.943. The van der Waals surface area contributed by atoms with Gasteiger partial charge >= 0.3 is 0 Å². The third kappa shape index (κ3) is 6.76. The highest BCUT2D eigenvalue weighted by atomic mass is 19.3. The molecule has 7 atom stereocenters. The Morgan fingerprint density at radius 1 is 0.979 bits per heavy atom. The zero-order chi connectivity index (χ0) is 34.3. The summed E-state index contributed by atoms with van der Waals surface area (Å²) in [5.74, 6) is -4.49. The minimum Gasteiger partial charge on any atom is -0.350 e. The number of carbonyl (C=O) groups is 2. The van der Waals surface area contributed by atoms with Gasteiger partial charge in [0.25, 0.3) is 5.92 Å². The number of nitrogens with one attached hydrogen (secondary N) is 2. The third-order valence-corrected chi connectivity index (χ3v) is 13.1. The Hall–Kier alpha value is -1.54. The molecule has 1 aliphatic carbocycles. The fourth-order valence-electron chi connectivity index (χ4n) is 10.7. The zero-order valence-electron chi connectivity index (χ0n) is 28.8. The van der Waals surface area contributed by atoms with Crippen LogP contribution in [0.2, 0.25) is 0 Å². The Bertz CT molecular complexity index is 1130. The second-order valence-electron chi connectivity index (χ2n) is 16.1. The normalized spacial score (nSPS) is 37.4. The summed E-state index contributed by atoms with van der Waals surface area (Å²) in [6.45, 7) is 2.85. The number of hydrogen-bond donors (Lipinski definition) is 4. The Morgan fingerprint density at radius 3 is 2.33 bits per heavy atom. The van der Waals surface area contributed by atoms with E-state index < -0.39 is 55.0 Å². The van der Waals surface area contributed by atoms with Crippen molar-refractivity contribution in [3.8, 4) is 0 Å². The topological polar surface area (TPSA) is 120 Å². The summed E-state index contributed by atoms with van der Waals surface area (Å²) in [7, 11) is 0. The number of likely N-dealkylation sites (tertiary alicyclic amines) is 2. The van der Waals surface area contributed by atoms with Gasteiger partial charge in [0, 0.05) is 37.1 Å². The first-order chi connectivity index (χ1) is 22.9. The lowest BCUT2D eigenvalue weighted by Gasteiger charge is -2.64. The highest BCUT2D eigenvalue weighted by molar-refractivity contribution is 5.81. The number of amides is 2. The smallest absolute Gasteiger partial charge is 0.282 e. The van der Waals surface area contributed by atoms with Crippen LogP contribution in [0.25, 0.3) is 0 Å². The molecule has 5 aliphatic heterocycles. The van der Waals surface area contributed by atoms with Gasteiger partial charge in [0.15, 0.2) is 0 Å². The summed E-state index contributed by atoms with van der Waals surface area (Å²) in [5, 5.41) is 6.52. The van der Waals surface area contributed by atoms with Gasteiger partial charge in [0.1, 0.15) is 12.3 Å². The molecular weight excluding hydrogens is 626 g/mol.